The molecule has 0 aliphatic carbocycles. The van der Waals surface area contributed by atoms with Gasteiger partial charge in [0.1, 0.15) is 0 Å². The van der Waals surface area contributed by atoms with Crippen molar-refractivity contribution in [3.05, 3.63) is 58.7 Å². The second-order valence-electron chi connectivity index (χ2n) is 4.66. The molecule has 18 heavy (non-hydrogen) atoms. The van der Waals surface area contributed by atoms with E-state index >= 15 is 0 Å². The van der Waals surface area contributed by atoms with Gasteiger partial charge in [-0.2, -0.15) is 0 Å². The molecule has 1 rings (SSSR count). The Hall–Kier alpha value is -1.30. The Bertz CT molecular complexity index is 377. The second kappa shape index (κ2) is 10.8. The highest BCUT2D eigenvalue weighted by atomic mass is 13.9. The lowest BCUT2D eigenvalue weighted by atomic mass is 10.1. The van der Waals surface area contributed by atoms with Gasteiger partial charge in [0, 0.05) is 0 Å². The molecule has 0 saturated carbocycles. The lowest BCUT2D eigenvalue weighted by molar-refractivity contribution is 1.30. The van der Waals surface area contributed by atoms with Gasteiger partial charge < -0.3 is 0 Å². The van der Waals surface area contributed by atoms with E-state index < -0.39 is 0 Å². The van der Waals surface area contributed by atoms with E-state index in [2.05, 4.69) is 65.5 Å². The van der Waals surface area contributed by atoms with Crippen LogP contribution in [0.2, 0.25) is 0 Å². The van der Waals surface area contributed by atoms with Crippen molar-refractivity contribution in [3.63, 3.8) is 0 Å². The first kappa shape index (κ1) is 19.0. The van der Waals surface area contributed by atoms with Crippen LogP contribution >= 0.6 is 0 Å². The number of rotatable bonds is 1. The molecule has 0 unspecified atom stereocenters. The van der Waals surface area contributed by atoms with Crippen LogP contribution in [0.4, 0.5) is 0 Å². The third-order valence-corrected chi connectivity index (χ3v) is 2.20. The molecule has 0 aliphatic heterocycles. The Kier molecular flexibility index (Phi) is 11.5. The van der Waals surface area contributed by atoms with Crippen LogP contribution in [0.3, 0.4) is 0 Å². The van der Waals surface area contributed by atoms with Crippen LogP contribution in [0.15, 0.2) is 42.0 Å². The minimum atomic E-state index is 1.12. The fraction of sp³-hybridized carbons (Fsp3) is 0.444. The monoisotopic (exact) mass is 246 g/mol. The van der Waals surface area contributed by atoms with Crippen molar-refractivity contribution in [3.8, 4) is 0 Å². The highest BCUT2D eigenvalue weighted by Crippen LogP contribution is 2.07. The quantitative estimate of drug-likeness (QED) is 0.520. The standard InChI is InChI=1S/C9H12.C7H12.C2H6/c1-7-4-5-8(2)9(3)6-7;1-6(2)5-7(3)4;1-2/h4-6H,1-3H3;5H,1H2,2-4H3;1-2H3. The molecule has 0 heteroatoms. The third-order valence-electron chi connectivity index (χ3n) is 2.20. The maximum atomic E-state index is 3.72. The van der Waals surface area contributed by atoms with E-state index in [0.29, 0.717) is 0 Å². The van der Waals surface area contributed by atoms with E-state index in [0.717, 1.165) is 5.57 Å². The summed E-state index contributed by atoms with van der Waals surface area (Å²) in [6, 6.07) is 6.50. The summed E-state index contributed by atoms with van der Waals surface area (Å²) in [5.41, 5.74) is 6.54. The van der Waals surface area contributed by atoms with Gasteiger partial charge in [0.05, 0.1) is 0 Å². The third kappa shape index (κ3) is 11.2. The molecular weight excluding hydrogens is 216 g/mol. The largest absolute Gasteiger partial charge is 0.0961 e. The maximum Gasteiger partial charge on any atom is -0.0395 e. The predicted octanol–water partition coefficient (Wildman–Crippen LogP) is 6.17. The molecule has 0 saturated heterocycles. The van der Waals surface area contributed by atoms with Gasteiger partial charge in [-0.25, -0.2) is 0 Å². The molecule has 0 atom stereocenters. The summed E-state index contributed by atoms with van der Waals surface area (Å²) in [6.07, 6.45) is 2.06. The Morgan fingerprint density at radius 1 is 0.944 bits per heavy atom. The molecule has 0 radical (unpaired) electrons. The van der Waals surface area contributed by atoms with Gasteiger partial charge in [-0.1, -0.05) is 61.4 Å². The van der Waals surface area contributed by atoms with Crippen LogP contribution in [0, 0.1) is 20.8 Å². The number of hydrogen-bond acceptors (Lipinski definition) is 0. The van der Waals surface area contributed by atoms with Crippen LogP contribution in [0.5, 0.6) is 0 Å². The molecule has 102 valence electrons. The van der Waals surface area contributed by atoms with Crippen molar-refractivity contribution in [2.45, 2.75) is 55.4 Å². The van der Waals surface area contributed by atoms with Crippen molar-refractivity contribution in [1.29, 1.82) is 0 Å². The van der Waals surface area contributed by atoms with Gasteiger partial charge in [-0.3, -0.25) is 0 Å². The fourth-order valence-corrected chi connectivity index (χ4v) is 1.38. The number of benzene rings is 1. The Morgan fingerprint density at radius 2 is 1.44 bits per heavy atom. The van der Waals surface area contributed by atoms with E-state index in [4.69, 9.17) is 0 Å². The van der Waals surface area contributed by atoms with Gasteiger partial charge in [-0.05, 0) is 52.7 Å². The van der Waals surface area contributed by atoms with Crippen molar-refractivity contribution in [2.24, 2.45) is 0 Å². The average Bonchev–Trinajstić information content (AvgIpc) is 2.26. The molecule has 0 bridgehead atoms. The number of hydrogen-bond donors (Lipinski definition) is 0. The minimum absolute atomic E-state index is 1.12. The maximum absolute atomic E-state index is 3.72. The van der Waals surface area contributed by atoms with Gasteiger partial charge in [0.2, 0.25) is 0 Å². The van der Waals surface area contributed by atoms with Gasteiger partial charge in [0.25, 0.3) is 0 Å². The summed E-state index contributed by atoms with van der Waals surface area (Å²) < 4.78 is 0. The van der Waals surface area contributed by atoms with Crippen molar-refractivity contribution < 1.29 is 0 Å². The SMILES string of the molecule is C=C(C)C=C(C)C.CC.Cc1ccc(C)c(C)c1. The summed E-state index contributed by atoms with van der Waals surface area (Å²) >= 11 is 0. The first-order chi connectivity index (χ1) is 8.32. The van der Waals surface area contributed by atoms with Crippen molar-refractivity contribution >= 4 is 0 Å². The number of allylic oxidation sites excluding steroid dienone is 3. The summed E-state index contributed by atoms with van der Waals surface area (Å²) in [5, 5.41) is 0. The lowest BCUT2D eigenvalue weighted by Crippen LogP contribution is -1.79. The smallest absolute Gasteiger partial charge is 0.0395 e. The normalized spacial score (nSPS) is 8.22. The molecule has 0 N–H and O–H groups in total. The molecule has 1 aromatic rings. The van der Waals surface area contributed by atoms with E-state index in [-0.39, 0.29) is 0 Å². The van der Waals surface area contributed by atoms with Crippen molar-refractivity contribution in [2.75, 3.05) is 0 Å². The molecule has 0 fully saturated rings. The van der Waals surface area contributed by atoms with Gasteiger partial charge in [-0.15, -0.1) is 0 Å². The Balaban J connectivity index is 0. The predicted molar refractivity (Wildman–Crippen MR) is 86.2 cm³/mol. The summed E-state index contributed by atoms with van der Waals surface area (Å²) in [7, 11) is 0. The van der Waals surface area contributed by atoms with E-state index in [9.17, 15) is 0 Å². The molecule has 0 spiro atoms. The van der Waals surface area contributed by atoms with E-state index in [1.54, 1.807) is 0 Å². The molecule has 0 heterocycles. The average molecular weight is 246 g/mol. The van der Waals surface area contributed by atoms with Gasteiger partial charge >= 0.3 is 0 Å². The van der Waals surface area contributed by atoms with Crippen LogP contribution in [0.25, 0.3) is 0 Å². The van der Waals surface area contributed by atoms with Crippen molar-refractivity contribution in [1.82, 2.24) is 0 Å². The Morgan fingerprint density at radius 3 is 1.67 bits per heavy atom. The first-order valence-electron chi connectivity index (χ1n) is 6.67. The highest BCUT2D eigenvalue weighted by Gasteiger charge is 1.89. The van der Waals surface area contributed by atoms with Crippen LogP contribution in [0.1, 0.15) is 51.3 Å². The molecule has 0 aliphatic rings. The first-order valence-corrected chi connectivity index (χ1v) is 6.67. The van der Waals surface area contributed by atoms with Crippen LogP contribution < -0.4 is 0 Å². The van der Waals surface area contributed by atoms with Crippen LogP contribution in [-0.4, -0.2) is 0 Å². The van der Waals surface area contributed by atoms with E-state index in [1.165, 1.54) is 22.3 Å². The number of aryl methyl sites for hydroxylation is 3. The molecule has 0 nitrogen and oxygen atoms in total. The van der Waals surface area contributed by atoms with Gasteiger partial charge in [0.15, 0.2) is 0 Å². The molecule has 0 aromatic heterocycles. The summed E-state index contributed by atoms with van der Waals surface area (Å²) in [6.45, 7) is 20.2. The van der Waals surface area contributed by atoms with Crippen LogP contribution in [-0.2, 0) is 0 Å². The zero-order valence-corrected chi connectivity index (χ0v) is 13.5. The lowest BCUT2D eigenvalue weighted by Gasteiger charge is -1.98. The topological polar surface area (TPSA) is 0 Å². The molecule has 1 aromatic carbocycles. The summed E-state index contributed by atoms with van der Waals surface area (Å²) in [4.78, 5) is 0. The Labute approximate surface area is 114 Å². The zero-order chi connectivity index (χ0) is 14.7. The summed E-state index contributed by atoms with van der Waals surface area (Å²) in [5.74, 6) is 0. The fourth-order valence-electron chi connectivity index (χ4n) is 1.38. The second-order valence-corrected chi connectivity index (χ2v) is 4.66. The molecular formula is C18H30. The van der Waals surface area contributed by atoms with E-state index in [1.807, 2.05) is 20.8 Å². The zero-order valence-electron chi connectivity index (χ0n) is 13.5. The molecule has 0 amide bonds. The minimum Gasteiger partial charge on any atom is -0.0961 e. The highest BCUT2D eigenvalue weighted by molar-refractivity contribution is 5.28.